The number of benzene rings is 1. The number of amides is 2. The quantitative estimate of drug-likeness (QED) is 0.799. The molecule has 18 heavy (non-hydrogen) atoms. The van der Waals surface area contributed by atoms with Crippen LogP contribution in [0.5, 0.6) is 0 Å². The Bertz CT molecular complexity index is 527. The number of hydrogen-bond donors (Lipinski definition) is 2. The summed E-state index contributed by atoms with van der Waals surface area (Å²) >= 11 is 1.32. The van der Waals surface area contributed by atoms with Crippen LogP contribution in [0.2, 0.25) is 0 Å². The van der Waals surface area contributed by atoms with Crippen LogP contribution >= 0.6 is 11.8 Å². The molecule has 2 N–H and O–H groups in total. The van der Waals surface area contributed by atoms with E-state index in [9.17, 15) is 9.59 Å². The minimum atomic E-state index is -1.07. The molecule has 0 spiro atoms. The molecule has 2 amide bonds. The standard InChI is InChI=1S/C13H14N2O2S/c1-13(11(16)14-8-6-7-8)12(17)15-9-4-2-3-5-10(9)18-13/h2-5,8H,6-7H2,1H3,(H,14,16)(H,15,17). The van der Waals surface area contributed by atoms with E-state index in [1.54, 1.807) is 6.92 Å². The molecule has 1 saturated carbocycles. The molecule has 4 nitrogen and oxygen atoms in total. The molecule has 0 radical (unpaired) electrons. The Hall–Kier alpha value is -1.49. The van der Waals surface area contributed by atoms with Crippen LogP contribution in [0.25, 0.3) is 0 Å². The zero-order chi connectivity index (χ0) is 12.8. The molecule has 1 aliphatic heterocycles. The minimum Gasteiger partial charge on any atom is -0.352 e. The number of para-hydroxylation sites is 1. The van der Waals surface area contributed by atoms with Gasteiger partial charge in [0.2, 0.25) is 11.8 Å². The molecule has 3 rings (SSSR count). The molecule has 1 unspecified atom stereocenters. The van der Waals surface area contributed by atoms with Crippen molar-refractivity contribution in [3.63, 3.8) is 0 Å². The largest absolute Gasteiger partial charge is 0.352 e. The monoisotopic (exact) mass is 262 g/mol. The fourth-order valence-corrected chi connectivity index (χ4v) is 2.98. The molecular formula is C13H14N2O2S. The summed E-state index contributed by atoms with van der Waals surface area (Å²) in [5, 5.41) is 5.71. The van der Waals surface area contributed by atoms with E-state index in [4.69, 9.17) is 0 Å². The third-order valence-electron chi connectivity index (χ3n) is 3.23. The first-order chi connectivity index (χ1) is 8.59. The molecule has 2 aliphatic rings. The number of hydrogen-bond acceptors (Lipinski definition) is 3. The number of fused-ring (bicyclic) bond motifs is 1. The van der Waals surface area contributed by atoms with Gasteiger partial charge in [-0.1, -0.05) is 23.9 Å². The summed E-state index contributed by atoms with van der Waals surface area (Å²) in [5.41, 5.74) is 0.782. The molecule has 0 saturated heterocycles. The van der Waals surface area contributed by atoms with Gasteiger partial charge < -0.3 is 10.6 Å². The molecule has 5 heteroatoms. The third-order valence-corrected chi connectivity index (χ3v) is 4.58. The molecule has 0 bridgehead atoms. The van der Waals surface area contributed by atoms with E-state index in [0.717, 1.165) is 23.4 Å². The number of thioether (sulfide) groups is 1. The average molecular weight is 262 g/mol. The van der Waals surface area contributed by atoms with Gasteiger partial charge in [-0.05, 0) is 31.9 Å². The summed E-state index contributed by atoms with van der Waals surface area (Å²) in [6, 6.07) is 7.80. The van der Waals surface area contributed by atoms with Gasteiger partial charge in [-0.25, -0.2) is 0 Å². The van der Waals surface area contributed by atoms with E-state index in [1.165, 1.54) is 11.8 Å². The molecule has 1 aromatic rings. The predicted molar refractivity (Wildman–Crippen MR) is 70.5 cm³/mol. The van der Waals surface area contributed by atoms with E-state index in [-0.39, 0.29) is 17.9 Å². The van der Waals surface area contributed by atoms with Gasteiger partial charge in [-0.3, -0.25) is 9.59 Å². The Morgan fingerprint density at radius 2 is 2.17 bits per heavy atom. The van der Waals surface area contributed by atoms with E-state index in [1.807, 2.05) is 24.3 Å². The first kappa shape index (κ1) is 11.6. The van der Waals surface area contributed by atoms with Crippen LogP contribution in [0.4, 0.5) is 5.69 Å². The van der Waals surface area contributed by atoms with Crippen LogP contribution in [-0.2, 0) is 9.59 Å². The fraction of sp³-hybridized carbons (Fsp3) is 0.385. The van der Waals surface area contributed by atoms with Crippen molar-refractivity contribution in [3.8, 4) is 0 Å². The normalized spacial score (nSPS) is 26.2. The van der Waals surface area contributed by atoms with E-state index < -0.39 is 4.75 Å². The van der Waals surface area contributed by atoms with Crippen LogP contribution in [-0.4, -0.2) is 22.6 Å². The van der Waals surface area contributed by atoms with E-state index >= 15 is 0 Å². The fourth-order valence-electron chi connectivity index (χ4n) is 1.87. The molecule has 0 aromatic heterocycles. The van der Waals surface area contributed by atoms with Crippen LogP contribution in [0.3, 0.4) is 0 Å². The second-order valence-corrected chi connectivity index (χ2v) is 6.29. The van der Waals surface area contributed by atoms with Gasteiger partial charge >= 0.3 is 0 Å². The maximum absolute atomic E-state index is 12.2. The highest BCUT2D eigenvalue weighted by atomic mass is 32.2. The zero-order valence-corrected chi connectivity index (χ0v) is 10.8. The van der Waals surface area contributed by atoms with Crippen molar-refractivity contribution in [1.82, 2.24) is 5.32 Å². The van der Waals surface area contributed by atoms with Crippen molar-refractivity contribution in [2.24, 2.45) is 0 Å². The lowest BCUT2D eigenvalue weighted by Crippen LogP contribution is -2.52. The molecule has 1 atom stereocenters. The Labute approximate surface area is 110 Å². The number of nitrogens with one attached hydrogen (secondary N) is 2. The smallest absolute Gasteiger partial charge is 0.250 e. The summed E-state index contributed by atoms with van der Waals surface area (Å²) in [7, 11) is 0. The van der Waals surface area contributed by atoms with Crippen LogP contribution in [0, 0.1) is 0 Å². The van der Waals surface area contributed by atoms with Gasteiger partial charge in [0.15, 0.2) is 4.75 Å². The van der Waals surface area contributed by atoms with Crippen molar-refractivity contribution in [2.75, 3.05) is 5.32 Å². The number of carbonyl (C=O) groups excluding carboxylic acids is 2. The number of carbonyl (C=O) groups is 2. The molecule has 1 aromatic carbocycles. The topological polar surface area (TPSA) is 58.2 Å². The van der Waals surface area contributed by atoms with Crippen molar-refractivity contribution in [3.05, 3.63) is 24.3 Å². The van der Waals surface area contributed by atoms with Crippen molar-refractivity contribution >= 4 is 29.3 Å². The zero-order valence-electron chi connectivity index (χ0n) is 10.0. The lowest BCUT2D eigenvalue weighted by molar-refractivity contribution is -0.130. The number of anilines is 1. The highest BCUT2D eigenvalue weighted by Crippen LogP contribution is 2.42. The first-order valence-electron chi connectivity index (χ1n) is 6.00. The van der Waals surface area contributed by atoms with Gasteiger partial charge in [-0.15, -0.1) is 0 Å². The molecule has 1 heterocycles. The van der Waals surface area contributed by atoms with Crippen molar-refractivity contribution in [1.29, 1.82) is 0 Å². The molecule has 1 aliphatic carbocycles. The Morgan fingerprint density at radius 3 is 2.89 bits per heavy atom. The Kier molecular flexibility index (Phi) is 2.59. The first-order valence-corrected chi connectivity index (χ1v) is 6.82. The van der Waals surface area contributed by atoms with Gasteiger partial charge in [-0.2, -0.15) is 0 Å². The van der Waals surface area contributed by atoms with Gasteiger partial charge in [0.25, 0.3) is 0 Å². The summed E-state index contributed by atoms with van der Waals surface area (Å²) in [5.74, 6) is -0.439. The van der Waals surface area contributed by atoms with Crippen LogP contribution < -0.4 is 10.6 Å². The second kappa shape index (κ2) is 4.02. The summed E-state index contributed by atoms with van der Waals surface area (Å²) in [4.78, 5) is 25.3. The van der Waals surface area contributed by atoms with E-state index in [2.05, 4.69) is 10.6 Å². The highest BCUT2D eigenvalue weighted by Gasteiger charge is 2.46. The maximum atomic E-state index is 12.2. The lowest BCUT2D eigenvalue weighted by Gasteiger charge is -2.31. The molecule has 94 valence electrons. The second-order valence-electron chi connectivity index (χ2n) is 4.83. The van der Waals surface area contributed by atoms with Gasteiger partial charge in [0.1, 0.15) is 0 Å². The van der Waals surface area contributed by atoms with Crippen molar-refractivity contribution in [2.45, 2.75) is 35.4 Å². The molecular weight excluding hydrogens is 248 g/mol. The number of rotatable bonds is 2. The molecule has 1 fully saturated rings. The third kappa shape index (κ3) is 1.88. The van der Waals surface area contributed by atoms with Gasteiger partial charge in [0.05, 0.1) is 5.69 Å². The minimum absolute atomic E-state index is 0.193. The SMILES string of the molecule is CC1(C(=O)NC2CC2)Sc2ccccc2NC1=O. The van der Waals surface area contributed by atoms with Crippen LogP contribution in [0.15, 0.2) is 29.2 Å². The van der Waals surface area contributed by atoms with Gasteiger partial charge in [0, 0.05) is 10.9 Å². The van der Waals surface area contributed by atoms with Crippen LogP contribution in [0.1, 0.15) is 19.8 Å². The summed E-state index contributed by atoms with van der Waals surface area (Å²) in [6.45, 7) is 1.68. The highest BCUT2D eigenvalue weighted by molar-refractivity contribution is 8.02. The van der Waals surface area contributed by atoms with E-state index in [0.29, 0.717) is 0 Å². The maximum Gasteiger partial charge on any atom is 0.250 e. The van der Waals surface area contributed by atoms with Crippen molar-refractivity contribution < 1.29 is 9.59 Å². The Balaban J connectivity index is 1.88. The summed E-state index contributed by atoms with van der Waals surface area (Å²) in [6.07, 6.45) is 2.04. The lowest BCUT2D eigenvalue weighted by atomic mass is 10.1. The average Bonchev–Trinajstić information content (AvgIpc) is 3.14. The predicted octanol–water partition coefficient (Wildman–Crippen LogP) is 1.77. The Morgan fingerprint density at radius 1 is 1.44 bits per heavy atom. The summed E-state index contributed by atoms with van der Waals surface area (Å²) < 4.78 is -1.07.